The normalized spacial score (nSPS) is 15.8. The monoisotopic (exact) mass is 240 g/mol. The number of rotatable bonds is 2. The summed E-state index contributed by atoms with van der Waals surface area (Å²) in [5, 5.41) is 0. The minimum Gasteiger partial charge on any atom is -0.303 e. The van der Waals surface area contributed by atoms with Gasteiger partial charge in [-0.15, -0.1) is 0 Å². The van der Waals surface area contributed by atoms with Crippen molar-refractivity contribution in [2.45, 2.75) is 39.0 Å². The fourth-order valence-corrected chi connectivity index (χ4v) is 1.58. The lowest BCUT2D eigenvalue weighted by Crippen LogP contribution is -1.95. The molecule has 0 aromatic rings. The summed E-state index contributed by atoms with van der Waals surface area (Å²) >= 11 is 0. The van der Waals surface area contributed by atoms with Gasteiger partial charge in [-0.25, -0.2) is 0 Å². The maximum atomic E-state index is 10.8. The Balaban J connectivity index is 2.75. The van der Waals surface area contributed by atoms with Gasteiger partial charge >= 0.3 is 0 Å². The first-order valence-corrected chi connectivity index (χ1v) is 6.08. The van der Waals surface area contributed by atoms with Crippen molar-refractivity contribution in [2.24, 2.45) is 0 Å². The SMILES string of the molecule is CC(=O)C#CC1=CCCC/C1=C/C#CCCC=O. The highest BCUT2D eigenvalue weighted by Crippen LogP contribution is 2.22. The van der Waals surface area contributed by atoms with E-state index in [-0.39, 0.29) is 5.78 Å². The molecule has 0 fully saturated rings. The van der Waals surface area contributed by atoms with Gasteiger partial charge in [0.2, 0.25) is 5.78 Å². The van der Waals surface area contributed by atoms with Gasteiger partial charge < -0.3 is 4.79 Å². The number of carbonyl (C=O) groups is 2. The van der Waals surface area contributed by atoms with E-state index in [9.17, 15) is 9.59 Å². The molecule has 0 aliphatic heterocycles. The number of allylic oxidation sites excluding steroid dienone is 4. The van der Waals surface area contributed by atoms with Crippen LogP contribution in [0.15, 0.2) is 23.3 Å². The van der Waals surface area contributed by atoms with Crippen LogP contribution < -0.4 is 0 Å². The molecule has 0 radical (unpaired) electrons. The van der Waals surface area contributed by atoms with Crippen LogP contribution in [0.2, 0.25) is 0 Å². The molecule has 0 amide bonds. The Morgan fingerprint density at radius 3 is 3.06 bits per heavy atom. The molecule has 18 heavy (non-hydrogen) atoms. The zero-order valence-electron chi connectivity index (χ0n) is 10.6. The number of hydrogen-bond donors (Lipinski definition) is 0. The predicted molar refractivity (Wildman–Crippen MR) is 71.5 cm³/mol. The summed E-state index contributed by atoms with van der Waals surface area (Å²) in [5.74, 6) is 11.2. The van der Waals surface area contributed by atoms with Crippen molar-refractivity contribution in [1.29, 1.82) is 0 Å². The lowest BCUT2D eigenvalue weighted by molar-refractivity contribution is -0.112. The molecule has 0 spiro atoms. The number of ketones is 1. The van der Waals surface area contributed by atoms with E-state index in [1.54, 1.807) is 0 Å². The number of unbranched alkanes of at least 4 members (excludes halogenated alkanes) is 1. The summed E-state index contributed by atoms with van der Waals surface area (Å²) in [5.41, 5.74) is 2.01. The van der Waals surface area contributed by atoms with Gasteiger partial charge in [0.05, 0.1) is 0 Å². The average molecular weight is 240 g/mol. The molecule has 2 heteroatoms. The van der Waals surface area contributed by atoms with Crippen molar-refractivity contribution in [3.05, 3.63) is 23.3 Å². The van der Waals surface area contributed by atoms with E-state index >= 15 is 0 Å². The minimum atomic E-state index is -0.127. The van der Waals surface area contributed by atoms with Crippen molar-refractivity contribution in [3.63, 3.8) is 0 Å². The summed E-state index contributed by atoms with van der Waals surface area (Å²) in [6, 6.07) is 0. The fraction of sp³-hybridized carbons (Fsp3) is 0.375. The lowest BCUT2D eigenvalue weighted by Gasteiger charge is -2.10. The van der Waals surface area contributed by atoms with Gasteiger partial charge in [-0.3, -0.25) is 4.79 Å². The zero-order valence-corrected chi connectivity index (χ0v) is 10.6. The van der Waals surface area contributed by atoms with Gasteiger partial charge in [0, 0.05) is 25.3 Å². The van der Waals surface area contributed by atoms with Crippen LogP contribution >= 0.6 is 0 Å². The molecule has 0 saturated heterocycles. The molecular weight excluding hydrogens is 224 g/mol. The van der Waals surface area contributed by atoms with E-state index < -0.39 is 0 Å². The highest BCUT2D eigenvalue weighted by Gasteiger charge is 2.07. The smallest absolute Gasteiger partial charge is 0.202 e. The molecule has 2 nitrogen and oxygen atoms in total. The maximum Gasteiger partial charge on any atom is 0.202 e. The number of aldehydes is 1. The summed E-state index contributed by atoms with van der Waals surface area (Å²) in [6.07, 6.45) is 8.87. The summed E-state index contributed by atoms with van der Waals surface area (Å²) < 4.78 is 0. The highest BCUT2D eigenvalue weighted by atomic mass is 16.1. The van der Waals surface area contributed by atoms with Gasteiger partial charge in [0.25, 0.3) is 0 Å². The van der Waals surface area contributed by atoms with Crippen molar-refractivity contribution < 1.29 is 9.59 Å². The average Bonchev–Trinajstić information content (AvgIpc) is 2.37. The van der Waals surface area contributed by atoms with Crippen LogP contribution in [0.3, 0.4) is 0 Å². The predicted octanol–water partition coefficient (Wildman–Crippen LogP) is 2.60. The van der Waals surface area contributed by atoms with Crippen molar-refractivity contribution >= 4 is 12.1 Å². The molecule has 1 aliphatic carbocycles. The van der Waals surface area contributed by atoms with Crippen molar-refractivity contribution in [3.8, 4) is 23.7 Å². The topological polar surface area (TPSA) is 34.1 Å². The van der Waals surface area contributed by atoms with Crippen LogP contribution in [-0.2, 0) is 9.59 Å². The Kier molecular flexibility index (Phi) is 6.30. The Hall–Kier alpha value is -2.06. The second kappa shape index (κ2) is 8.09. The third-order valence-electron chi connectivity index (χ3n) is 2.45. The molecule has 1 rings (SSSR count). The molecule has 0 aromatic carbocycles. The molecule has 0 bridgehead atoms. The number of carbonyl (C=O) groups excluding carboxylic acids is 2. The van der Waals surface area contributed by atoms with Gasteiger partial charge in [-0.2, -0.15) is 0 Å². The van der Waals surface area contributed by atoms with E-state index in [1.807, 2.05) is 6.08 Å². The van der Waals surface area contributed by atoms with Crippen molar-refractivity contribution in [2.75, 3.05) is 0 Å². The van der Waals surface area contributed by atoms with Crippen LogP contribution in [0.5, 0.6) is 0 Å². The third-order valence-corrected chi connectivity index (χ3v) is 2.45. The quantitative estimate of drug-likeness (QED) is 0.322. The molecule has 0 atom stereocenters. The van der Waals surface area contributed by atoms with Gasteiger partial charge in [-0.1, -0.05) is 23.8 Å². The van der Waals surface area contributed by atoms with E-state index in [2.05, 4.69) is 29.8 Å². The lowest BCUT2D eigenvalue weighted by atomic mass is 9.93. The molecule has 0 aromatic heterocycles. The summed E-state index contributed by atoms with van der Waals surface area (Å²) in [6.45, 7) is 1.46. The molecule has 92 valence electrons. The van der Waals surface area contributed by atoms with Crippen LogP contribution in [0.25, 0.3) is 0 Å². The maximum absolute atomic E-state index is 10.8. The zero-order chi connectivity index (χ0) is 13.2. The first-order valence-electron chi connectivity index (χ1n) is 6.08. The van der Waals surface area contributed by atoms with Crippen LogP contribution in [0.4, 0.5) is 0 Å². The first kappa shape index (κ1) is 14.0. The molecule has 0 unspecified atom stereocenters. The Morgan fingerprint density at radius 2 is 2.33 bits per heavy atom. The second-order valence-corrected chi connectivity index (χ2v) is 4.01. The van der Waals surface area contributed by atoms with Crippen LogP contribution in [-0.4, -0.2) is 12.1 Å². The Bertz CT molecular complexity index is 499. The fourth-order valence-electron chi connectivity index (χ4n) is 1.58. The Morgan fingerprint density at radius 1 is 1.50 bits per heavy atom. The van der Waals surface area contributed by atoms with E-state index in [0.29, 0.717) is 12.8 Å². The molecule has 0 heterocycles. The van der Waals surface area contributed by atoms with Gasteiger partial charge in [0.1, 0.15) is 6.29 Å². The summed E-state index contributed by atoms with van der Waals surface area (Å²) in [7, 11) is 0. The van der Waals surface area contributed by atoms with Gasteiger partial charge in [0.15, 0.2) is 0 Å². The first-order chi connectivity index (χ1) is 8.74. The third kappa shape index (κ3) is 5.32. The van der Waals surface area contributed by atoms with E-state index in [1.165, 1.54) is 6.92 Å². The number of Topliss-reactive ketones (excluding diaryl/α,β-unsaturated/α-hetero) is 1. The van der Waals surface area contributed by atoms with E-state index in [0.717, 1.165) is 36.7 Å². The Labute approximate surface area is 108 Å². The largest absolute Gasteiger partial charge is 0.303 e. The van der Waals surface area contributed by atoms with E-state index in [4.69, 9.17) is 0 Å². The second-order valence-electron chi connectivity index (χ2n) is 4.01. The molecular formula is C16H16O2. The van der Waals surface area contributed by atoms with Crippen LogP contribution in [0.1, 0.15) is 39.0 Å². The van der Waals surface area contributed by atoms with Gasteiger partial charge in [-0.05, 0) is 36.8 Å². The summed E-state index contributed by atoms with van der Waals surface area (Å²) in [4.78, 5) is 21.0. The number of hydrogen-bond acceptors (Lipinski definition) is 2. The highest BCUT2D eigenvalue weighted by molar-refractivity contribution is 5.94. The molecule has 1 aliphatic rings. The van der Waals surface area contributed by atoms with Crippen LogP contribution in [0, 0.1) is 23.7 Å². The minimum absolute atomic E-state index is 0.127. The standard InChI is InChI=1S/C16H16O2/c1-14(18)11-12-16-10-6-5-9-15(16)8-4-2-3-7-13-17/h8,10,13H,3,5-7,9H2,1H3/b15-8-. The van der Waals surface area contributed by atoms with Crippen molar-refractivity contribution in [1.82, 2.24) is 0 Å². The molecule has 0 N–H and O–H groups in total. The molecule has 0 saturated carbocycles.